The number of aryl methyl sites for hydroxylation is 2. The Balaban J connectivity index is 0.000000764. The Morgan fingerprint density at radius 1 is 1.12 bits per heavy atom. The van der Waals surface area contributed by atoms with Crippen LogP contribution in [0, 0.1) is 25.6 Å². The fourth-order valence-electron chi connectivity index (χ4n) is 4.97. The van der Waals surface area contributed by atoms with Crippen molar-refractivity contribution in [3.05, 3.63) is 41.7 Å². The summed E-state index contributed by atoms with van der Waals surface area (Å²) < 4.78 is 20.3. The Labute approximate surface area is 197 Å². The average Bonchev–Trinajstić information content (AvgIpc) is 3.30. The number of benzene rings is 1. The third-order valence-corrected chi connectivity index (χ3v) is 6.66. The van der Waals surface area contributed by atoms with E-state index in [4.69, 9.17) is 15.5 Å². The average molecular weight is 465 g/mol. The number of halogens is 1. The number of aromatic amines is 1. The predicted octanol–water partition coefficient (Wildman–Crippen LogP) is 3.21. The highest BCUT2D eigenvalue weighted by atomic mass is 19.1. The lowest BCUT2D eigenvalue weighted by molar-refractivity contribution is 0.312. The first kappa shape index (κ1) is 22.4. The highest BCUT2D eigenvalue weighted by molar-refractivity contribution is 6.13. The summed E-state index contributed by atoms with van der Waals surface area (Å²) in [5, 5.41) is 4.37. The molecular formula is C24H29FN8O. The van der Waals surface area contributed by atoms with E-state index in [1.54, 1.807) is 25.4 Å². The van der Waals surface area contributed by atoms with Crippen molar-refractivity contribution in [3.63, 3.8) is 0 Å². The monoisotopic (exact) mass is 464 g/mol. The first-order chi connectivity index (χ1) is 16.4. The van der Waals surface area contributed by atoms with Crippen LogP contribution in [-0.4, -0.2) is 57.6 Å². The van der Waals surface area contributed by atoms with Gasteiger partial charge in [0.2, 0.25) is 0 Å². The van der Waals surface area contributed by atoms with Gasteiger partial charge in [-0.15, -0.1) is 0 Å². The van der Waals surface area contributed by atoms with Gasteiger partial charge in [-0.25, -0.2) is 14.4 Å². The van der Waals surface area contributed by atoms with Gasteiger partial charge in [0.25, 0.3) is 0 Å². The molecular weight excluding hydrogens is 435 g/mol. The molecule has 1 aromatic carbocycles. The summed E-state index contributed by atoms with van der Waals surface area (Å²) in [6.45, 7) is 4.42. The fourth-order valence-corrected chi connectivity index (χ4v) is 4.97. The van der Waals surface area contributed by atoms with Crippen molar-refractivity contribution in [1.29, 1.82) is 0 Å². The Kier molecular flexibility index (Phi) is 5.78. The summed E-state index contributed by atoms with van der Waals surface area (Å²) in [7, 11) is 3.75. The molecule has 0 bridgehead atoms. The maximum Gasteiger partial charge on any atom is 0.326 e. The van der Waals surface area contributed by atoms with E-state index in [9.17, 15) is 4.39 Å². The van der Waals surface area contributed by atoms with E-state index in [-0.39, 0.29) is 17.9 Å². The van der Waals surface area contributed by atoms with Gasteiger partial charge in [-0.1, -0.05) is 0 Å². The standard InChI is InChI=1S/C22H22FN7O.C2H7N/c1-10-14(23)3-5-16-18(10)19-20(27-16)28-22(31-12-7-25-11(2)26-8-12)29-21(19)30-9-13-15(24)4-6-17(13)30;1-3-2/h3,5,7-8,13,15,17H,4,6,9,24H2,1-2H3,(H,27,28,29);3H,1-2H3. The Hall–Kier alpha value is -3.37. The van der Waals surface area contributed by atoms with Crippen LogP contribution in [0.15, 0.2) is 24.5 Å². The number of hydrogen-bond donors (Lipinski definition) is 3. The van der Waals surface area contributed by atoms with Gasteiger partial charge in [-0.2, -0.15) is 9.97 Å². The molecule has 10 heteroatoms. The first-order valence-corrected chi connectivity index (χ1v) is 11.5. The van der Waals surface area contributed by atoms with Crippen molar-refractivity contribution in [2.75, 3.05) is 25.5 Å². The molecule has 3 atom stereocenters. The van der Waals surface area contributed by atoms with E-state index < -0.39 is 0 Å². The van der Waals surface area contributed by atoms with Crippen LogP contribution >= 0.6 is 0 Å². The number of aromatic nitrogens is 5. The minimum atomic E-state index is -0.249. The molecule has 0 amide bonds. The van der Waals surface area contributed by atoms with Crippen LogP contribution < -0.4 is 20.7 Å². The molecule has 2 aliphatic rings. The molecule has 1 saturated heterocycles. The topological polar surface area (TPSA) is 118 Å². The van der Waals surface area contributed by atoms with Crippen LogP contribution in [0.25, 0.3) is 21.9 Å². The molecule has 4 aromatic rings. The zero-order chi connectivity index (χ0) is 24.0. The van der Waals surface area contributed by atoms with E-state index in [0.717, 1.165) is 41.5 Å². The molecule has 2 fully saturated rings. The van der Waals surface area contributed by atoms with Gasteiger partial charge in [-0.3, -0.25) is 0 Å². The van der Waals surface area contributed by atoms with Crippen molar-refractivity contribution in [2.45, 2.75) is 38.8 Å². The van der Waals surface area contributed by atoms with E-state index >= 15 is 0 Å². The van der Waals surface area contributed by atoms with Crippen molar-refractivity contribution in [1.82, 2.24) is 30.2 Å². The number of anilines is 1. The lowest BCUT2D eigenvalue weighted by Gasteiger charge is -2.46. The summed E-state index contributed by atoms with van der Waals surface area (Å²) >= 11 is 0. The number of rotatable bonds is 3. The number of nitrogens with one attached hydrogen (secondary N) is 2. The van der Waals surface area contributed by atoms with E-state index in [1.165, 1.54) is 6.07 Å². The van der Waals surface area contributed by atoms with E-state index in [0.29, 0.717) is 34.7 Å². The SMILES string of the molecule is CNC.Cc1ncc(Oc2nc(N3CC4C(N)CCC43)c3c(n2)[nH]c2ccc(F)c(C)c23)cn1. The van der Waals surface area contributed by atoms with Crippen LogP contribution in [0.5, 0.6) is 11.8 Å². The summed E-state index contributed by atoms with van der Waals surface area (Å²) in [4.78, 5) is 23.3. The molecule has 4 N–H and O–H groups in total. The van der Waals surface area contributed by atoms with Crippen molar-refractivity contribution >= 4 is 27.8 Å². The number of fused-ring (bicyclic) bond motifs is 4. The van der Waals surface area contributed by atoms with Crippen LogP contribution in [0.1, 0.15) is 24.2 Å². The maximum absolute atomic E-state index is 14.4. The lowest BCUT2D eigenvalue weighted by Crippen LogP contribution is -2.58. The maximum atomic E-state index is 14.4. The number of nitrogens with zero attached hydrogens (tertiary/aromatic N) is 5. The summed E-state index contributed by atoms with van der Waals surface area (Å²) in [6, 6.07) is 3.97. The van der Waals surface area contributed by atoms with Gasteiger partial charge < -0.3 is 25.7 Å². The molecule has 3 aromatic heterocycles. The second kappa shape index (κ2) is 8.77. The van der Waals surface area contributed by atoms with Gasteiger partial charge in [0.1, 0.15) is 23.1 Å². The van der Waals surface area contributed by atoms with E-state index in [2.05, 4.69) is 30.2 Å². The zero-order valence-corrected chi connectivity index (χ0v) is 19.8. The zero-order valence-electron chi connectivity index (χ0n) is 19.8. The van der Waals surface area contributed by atoms with Crippen LogP contribution in [0.3, 0.4) is 0 Å². The first-order valence-electron chi connectivity index (χ1n) is 11.5. The molecule has 6 rings (SSSR count). The summed E-state index contributed by atoms with van der Waals surface area (Å²) in [5.74, 6) is 2.08. The van der Waals surface area contributed by atoms with Crippen LogP contribution in [0.2, 0.25) is 0 Å². The molecule has 1 saturated carbocycles. The smallest absolute Gasteiger partial charge is 0.326 e. The molecule has 0 spiro atoms. The number of nitrogens with two attached hydrogens (primary N) is 1. The van der Waals surface area contributed by atoms with Gasteiger partial charge in [0.05, 0.1) is 17.8 Å². The van der Waals surface area contributed by atoms with Gasteiger partial charge in [0.15, 0.2) is 5.75 Å². The van der Waals surface area contributed by atoms with Gasteiger partial charge in [-0.05, 0) is 58.5 Å². The van der Waals surface area contributed by atoms with Crippen LogP contribution in [0.4, 0.5) is 10.2 Å². The predicted molar refractivity (Wildman–Crippen MR) is 130 cm³/mol. The van der Waals surface area contributed by atoms with Crippen molar-refractivity contribution < 1.29 is 9.13 Å². The molecule has 3 unspecified atom stereocenters. The number of H-pyrrole nitrogens is 1. The van der Waals surface area contributed by atoms with Gasteiger partial charge >= 0.3 is 6.01 Å². The molecule has 1 aliphatic carbocycles. The Bertz CT molecular complexity index is 1340. The van der Waals surface area contributed by atoms with Crippen molar-refractivity contribution in [2.24, 2.45) is 11.7 Å². The number of ether oxygens (including phenoxy) is 1. The minimum Gasteiger partial charge on any atom is -0.421 e. The normalized spacial score (nSPS) is 21.2. The molecule has 178 valence electrons. The summed E-state index contributed by atoms with van der Waals surface area (Å²) in [6.07, 6.45) is 5.21. The third kappa shape index (κ3) is 3.72. The van der Waals surface area contributed by atoms with Crippen LogP contribution in [-0.2, 0) is 0 Å². The largest absolute Gasteiger partial charge is 0.421 e. The quantitative estimate of drug-likeness (QED) is 0.423. The van der Waals surface area contributed by atoms with Crippen molar-refractivity contribution in [3.8, 4) is 11.8 Å². The molecule has 1 aliphatic heterocycles. The minimum absolute atomic E-state index is 0.199. The molecule has 9 nitrogen and oxygen atoms in total. The third-order valence-electron chi connectivity index (χ3n) is 6.66. The Morgan fingerprint density at radius 2 is 1.85 bits per heavy atom. The second-order valence-corrected chi connectivity index (χ2v) is 8.97. The Morgan fingerprint density at radius 3 is 2.56 bits per heavy atom. The highest BCUT2D eigenvalue weighted by Crippen LogP contribution is 2.45. The lowest BCUT2D eigenvalue weighted by atomic mass is 9.89. The van der Waals surface area contributed by atoms with Gasteiger partial charge in [0, 0.05) is 35.4 Å². The van der Waals surface area contributed by atoms with E-state index in [1.807, 2.05) is 21.0 Å². The fraction of sp³-hybridized carbons (Fsp3) is 0.417. The highest BCUT2D eigenvalue weighted by Gasteiger charge is 2.48. The second-order valence-electron chi connectivity index (χ2n) is 8.97. The molecule has 4 heterocycles. The molecule has 34 heavy (non-hydrogen) atoms. The number of hydrogen-bond acceptors (Lipinski definition) is 8. The summed E-state index contributed by atoms with van der Waals surface area (Å²) in [5.41, 5.74) is 8.29. The molecule has 0 radical (unpaired) electrons.